The van der Waals surface area contributed by atoms with E-state index in [-0.39, 0.29) is 24.1 Å². The van der Waals surface area contributed by atoms with Crippen molar-refractivity contribution in [1.82, 2.24) is 19.9 Å². The van der Waals surface area contributed by atoms with Crippen LogP contribution in [0.15, 0.2) is 47.0 Å². The van der Waals surface area contributed by atoms with Gasteiger partial charge in [-0.05, 0) is 26.0 Å². The van der Waals surface area contributed by atoms with E-state index in [9.17, 15) is 13.6 Å². The van der Waals surface area contributed by atoms with Crippen LogP contribution in [-0.2, 0) is 4.79 Å². The minimum Gasteiger partial charge on any atom is -0.337 e. The monoisotopic (exact) mass is 455 g/mol. The Morgan fingerprint density at radius 2 is 1.82 bits per heavy atom. The highest BCUT2D eigenvalue weighted by molar-refractivity contribution is 5.90. The van der Waals surface area contributed by atoms with Gasteiger partial charge in [-0.25, -0.2) is 8.78 Å². The first-order chi connectivity index (χ1) is 15.9. The maximum absolute atomic E-state index is 13.3. The van der Waals surface area contributed by atoms with Crippen LogP contribution in [0.2, 0.25) is 0 Å². The number of aromatic nitrogens is 2. The van der Waals surface area contributed by atoms with Gasteiger partial charge in [0.1, 0.15) is 0 Å². The first-order valence-electron chi connectivity index (χ1n) is 11.0. The van der Waals surface area contributed by atoms with E-state index >= 15 is 0 Å². The third-order valence-electron chi connectivity index (χ3n) is 5.92. The van der Waals surface area contributed by atoms with Gasteiger partial charge in [0.15, 0.2) is 11.6 Å². The quantitative estimate of drug-likeness (QED) is 0.580. The summed E-state index contributed by atoms with van der Waals surface area (Å²) in [7, 11) is 0. The van der Waals surface area contributed by atoms with Crippen molar-refractivity contribution in [3.63, 3.8) is 0 Å². The highest BCUT2D eigenvalue weighted by Gasteiger charge is 2.26. The Labute approximate surface area is 191 Å². The Hall–Kier alpha value is -3.17. The van der Waals surface area contributed by atoms with Crippen molar-refractivity contribution in [2.24, 2.45) is 0 Å². The van der Waals surface area contributed by atoms with E-state index in [0.29, 0.717) is 18.3 Å². The molecule has 1 aliphatic heterocycles. The van der Waals surface area contributed by atoms with Crippen LogP contribution in [-0.4, -0.2) is 58.6 Å². The third kappa shape index (κ3) is 5.80. The van der Waals surface area contributed by atoms with Crippen LogP contribution in [0.3, 0.4) is 0 Å². The second kappa shape index (κ2) is 10.2. The summed E-state index contributed by atoms with van der Waals surface area (Å²) in [6, 6.07) is 11.3. The zero-order valence-electron chi connectivity index (χ0n) is 18.7. The molecule has 2 aromatic carbocycles. The predicted molar refractivity (Wildman–Crippen MR) is 121 cm³/mol. The van der Waals surface area contributed by atoms with Crippen LogP contribution in [0.5, 0.6) is 0 Å². The van der Waals surface area contributed by atoms with Gasteiger partial charge in [-0.15, -0.1) is 0 Å². The summed E-state index contributed by atoms with van der Waals surface area (Å²) >= 11 is 0. The molecule has 3 aromatic rings. The van der Waals surface area contributed by atoms with Crippen molar-refractivity contribution in [3.8, 4) is 11.4 Å². The lowest BCUT2D eigenvalue weighted by Crippen LogP contribution is -2.47. The molecule has 1 atom stereocenters. The number of hydrogen-bond acceptors (Lipinski definition) is 6. The Balaban J connectivity index is 1.23. The SMILES string of the molecule is Cc1ccc(-c2noc(C(C)N3CCN(CCC(=O)Nc4ccc(F)c(F)c4)CC3)n2)cc1. The number of amides is 1. The normalized spacial score (nSPS) is 16.0. The molecule has 0 bridgehead atoms. The maximum Gasteiger partial charge on any atom is 0.244 e. The van der Waals surface area contributed by atoms with Gasteiger partial charge in [0.25, 0.3) is 0 Å². The van der Waals surface area contributed by atoms with Crippen LogP contribution in [0.25, 0.3) is 11.4 Å². The van der Waals surface area contributed by atoms with Crippen molar-refractivity contribution in [3.05, 3.63) is 65.6 Å². The third-order valence-corrected chi connectivity index (χ3v) is 5.92. The van der Waals surface area contributed by atoms with Crippen molar-refractivity contribution in [2.45, 2.75) is 26.3 Å². The van der Waals surface area contributed by atoms with Gasteiger partial charge in [0.05, 0.1) is 6.04 Å². The molecule has 174 valence electrons. The van der Waals surface area contributed by atoms with Crippen LogP contribution in [0.1, 0.15) is 30.8 Å². The van der Waals surface area contributed by atoms with Crippen molar-refractivity contribution >= 4 is 11.6 Å². The summed E-state index contributed by atoms with van der Waals surface area (Å²) in [5.41, 5.74) is 2.35. The number of hydrogen-bond donors (Lipinski definition) is 1. The molecule has 1 unspecified atom stereocenters. The van der Waals surface area contributed by atoms with E-state index < -0.39 is 11.6 Å². The highest BCUT2D eigenvalue weighted by Crippen LogP contribution is 2.24. The second-order valence-electron chi connectivity index (χ2n) is 8.30. The Morgan fingerprint density at radius 3 is 2.52 bits per heavy atom. The van der Waals surface area contributed by atoms with E-state index in [1.54, 1.807) is 0 Å². The molecule has 33 heavy (non-hydrogen) atoms. The van der Waals surface area contributed by atoms with E-state index in [0.717, 1.165) is 43.9 Å². The standard InChI is InChI=1S/C24H27F2N5O2/c1-16-3-5-18(6-4-16)23-28-24(33-29-23)17(2)31-13-11-30(12-14-31)10-9-22(32)27-19-7-8-20(25)21(26)15-19/h3-8,15,17H,9-14H2,1-2H3,(H,27,32). The lowest BCUT2D eigenvalue weighted by molar-refractivity contribution is -0.116. The number of nitrogens with one attached hydrogen (secondary N) is 1. The molecule has 0 radical (unpaired) electrons. The van der Waals surface area contributed by atoms with E-state index in [2.05, 4.69) is 32.2 Å². The zero-order chi connectivity index (χ0) is 23.4. The molecule has 2 heterocycles. The van der Waals surface area contributed by atoms with Crippen LogP contribution in [0.4, 0.5) is 14.5 Å². The first-order valence-corrected chi connectivity index (χ1v) is 11.0. The average Bonchev–Trinajstić information content (AvgIpc) is 3.31. The summed E-state index contributed by atoms with van der Waals surface area (Å²) in [6.45, 7) is 7.92. The molecule has 0 aliphatic carbocycles. The van der Waals surface area contributed by atoms with Gasteiger partial charge in [0, 0.05) is 56.5 Å². The van der Waals surface area contributed by atoms with E-state index in [1.165, 1.54) is 11.6 Å². The molecule has 0 saturated carbocycles. The molecule has 1 aromatic heterocycles. The summed E-state index contributed by atoms with van der Waals surface area (Å²) < 4.78 is 31.8. The number of benzene rings is 2. The number of carbonyl (C=O) groups excluding carboxylic acids is 1. The lowest BCUT2D eigenvalue weighted by atomic mass is 10.1. The molecule has 1 aliphatic rings. The van der Waals surface area contributed by atoms with Crippen molar-refractivity contribution in [2.75, 3.05) is 38.0 Å². The molecule has 1 saturated heterocycles. The predicted octanol–water partition coefficient (Wildman–Crippen LogP) is 4.03. The second-order valence-corrected chi connectivity index (χ2v) is 8.30. The van der Waals surface area contributed by atoms with Crippen LogP contribution in [0, 0.1) is 18.6 Å². The van der Waals surface area contributed by atoms with Crippen LogP contribution >= 0.6 is 0 Å². The number of nitrogens with zero attached hydrogens (tertiary/aromatic N) is 4. The molecule has 4 rings (SSSR count). The maximum atomic E-state index is 13.3. The van der Waals surface area contributed by atoms with Gasteiger partial charge in [0.2, 0.25) is 17.6 Å². The number of anilines is 1. The molecular formula is C24H27F2N5O2. The largest absolute Gasteiger partial charge is 0.337 e. The number of carbonyl (C=O) groups is 1. The van der Waals surface area contributed by atoms with Gasteiger partial charge in [-0.2, -0.15) is 4.98 Å². The average molecular weight is 456 g/mol. The topological polar surface area (TPSA) is 74.5 Å². The fourth-order valence-corrected chi connectivity index (χ4v) is 3.81. The molecular weight excluding hydrogens is 428 g/mol. The molecule has 7 nitrogen and oxygen atoms in total. The number of aryl methyl sites for hydroxylation is 1. The van der Waals surface area contributed by atoms with Crippen LogP contribution < -0.4 is 5.32 Å². The number of rotatable bonds is 7. The molecule has 9 heteroatoms. The minimum absolute atomic E-state index is 0.00415. The van der Waals surface area contributed by atoms with Crippen molar-refractivity contribution < 1.29 is 18.1 Å². The highest BCUT2D eigenvalue weighted by atomic mass is 19.2. The molecule has 0 spiro atoms. The smallest absolute Gasteiger partial charge is 0.244 e. The summed E-state index contributed by atoms with van der Waals surface area (Å²) in [5.74, 6) is -0.976. The van der Waals surface area contributed by atoms with Gasteiger partial charge < -0.3 is 14.7 Å². The summed E-state index contributed by atoms with van der Waals surface area (Å²) in [5, 5.41) is 6.74. The van der Waals surface area contributed by atoms with Gasteiger partial charge in [-0.1, -0.05) is 35.0 Å². The Kier molecular flexibility index (Phi) is 7.10. The molecule has 1 amide bonds. The summed E-state index contributed by atoms with van der Waals surface area (Å²) in [6.07, 6.45) is 0.276. The minimum atomic E-state index is -0.981. The van der Waals surface area contributed by atoms with Crippen molar-refractivity contribution in [1.29, 1.82) is 0 Å². The fraction of sp³-hybridized carbons (Fsp3) is 0.375. The fourth-order valence-electron chi connectivity index (χ4n) is 3.81. The molecule has 1 fully saturated rings. The van der Waals surface area contributed by atoms with E-state index in [4.69, 9.17) is 4.52 Å². The van der Waals surface area contributed by atoms with Gasteiger partial charge >= 0.3 is 0 Å². The number of halogens is 2. The first kappa shape index (κ1) is 23.0. The molecule has 1 N–H and O–H groups in total. The Morgan fingerprint density at radius 1 is 1.09 bits per heavy atom. The number of piperazine rings is 1. The lowest BCUT2D eigenvalue weighted by Gasteiger charge is -2.36. The zero-order valence-corrected chi connectivity index (χ0v) is 18.7. The summed E-state index contributed by atoms with van der Waals surface area (Å²) in [4.78, 5) is 21.2. The van der Waals surface area contributed by atoms with E-state index in [1.807, 2.05) is 31.2 Å². The van der Waals surface area contributed by atoms with Gasteiger partial charge in [-0.3, -0.25) is 9.69 Å². The Bertz CT molecular complexity index is 1090.